The second-order valence-corrected chi connectivity index (χ2v) is 7.35. The summed E-state index contributed by atoms with van der Waals surface area (Å²) in [7, 11) is 1.86. The van der Waals surface area contributed by atoms with Gasteiger partial charge >= 0.3 is 0 Å². The maximum Gasteiger partial charge on any atom is 0.256 e. The lowest BCUT2D eigenvalue weighted by Crippen LogP contribution is -2.38. The molecule has 0 atom stereocenters. The highest BCUT2D eigenvalue weighted by Crippen LogP contribution is 2.19. The summed E-state index contributed by atoms with van der Waals surface area (Å²) in [5.74, 6) is 0.371. The van der Waals surface area contributed by atoms with Gasteiger partial charge in [-0.2, -0.15) is 0 Å². The molecule has 0 fully saturated rings. The number of aliphatic hydroxyl groups is 1. The van der Waals surface area contributed by atoms with Crippen molar-refractivity contribution in [3.63, 3.8) is 0 Å². The van der Waals surface area contributed by atoms with Crippen molar-refractivity contribution < 1.29 is 9.90 Å². The molecule has 1 amide bonds. The van der Waals surface area contributed by atoms with Gasteiger partial charge in [0.25, 0.3) is 5.91 Å². The highest BCUT2D eigenvalue weighted by molar-refractivity contribution is 5.97. The number of para-hydroxylation sites is 1. The molecule has 10 nitrogen and oxygen atoms in total. The van der Waals surface area contributed by atoms with E-state index in [4.69, 9.17) is 0 Å². The van der Waals surface area contributed by atoms with Crippen LogP contribution in [0, 0.1) is 0 Å². The van der Waals surface area contributed by atoms with Crippen LogP contribution in [0.3, 0.4) is 0 Å². The van der Waals surface area contributed by atoms with E-state index < -0.39 is 5.60 Å². The number of carbonyl (C=O) groups excluding carboxylic acids is 1. The maximum atomic E-state index is 13.2. The van der Waals surface area contributed by atoms with Crippen molar-refractivity contribution in [2.24, 2.45) is 0 Å². The van der Waals surface area contributed by atoms with Gasteiger partial charge in [-0.3, -0.25) is 4.79 Å². The molecule has 158 valence electrons. The molecular weight excluding hydrogens is 384 g/mol. The van der Waals surface area contributed by atoms with Crippen LogP contribution in [-0.2, 0) is 5.60 Å². The van der Waals surface area contributed by atoms with E-state index in [1.807, 2.05) is 31.0 Å². The Kier molecular flexibility index (Phi) is 6.36. The number of anilines is 1. The molecule has 0 radical (unpaired) electrons. The number of carbonyl (C=O) groups is 1. The molecule has 0 unspecified atom stereocenters. The molecule has 1 N–H and O–H groups in total. The number of hydrogen-bond acceptors (Lipinski definition) is 8. The molecule has 0 bridgehead atoms. The largest absolute Gasteiger partial charge is 0.384 e. The molecule has 2 aromatic heterocycles. The number of rotatable bonds is 8. The van der Waals surface area contributed by atoms with Gasteiger partial charge < -0.3 is 14.9 Å². The summed E-state index contributed by atoms with van der Waals surface area (Å²) in [6.45, 7) is 6.83. The van der Waals surface area contributed by atoms with Crippen molar-refractivity contribution in [1.82, 2.24) is 35.1 Å². The van der Waals surface area contributed by atoms with Crippen LogP contribution in [0.15, 0.2) is 42.9 Å². The second-order valence-electron chi connectivity index (χ2n) is 7.35. The number of tetrazole rings is 1. The minimum atomic E-state index is -1.05. The molecule has 10 heteroatoms. The molecule has 2 heterocycles. The molecule has 1 aromatic carbocycles. The summed E-state index contributed by atoms with van der Waals surface area (Å²) in [6, 6.07) is 8.86. The lowest BCUT2D eigenvalue weighted by atomic mass is 10.1. The predicted molar refractivity (Wildman–Crippen MR) is 111 cm³/mol. The Morgan fingerprint density at radius 1 is 1.20 bits per heavy atom. The predicted octanol–water partition coefficient (Wildman–Crippen LogP) is 1.28. The molecule has 0 aliphatic carbocycles. The van der Waals surface area contributed by atoms with Crippen LogP contribution in [0.25, 0.3) is 5.69 Å². The van der Waals surface area contributed by atoms with Crippen LogP contribution in [0.4, 0.5) is 5.95 Å². The third-order valence-electron chi connectivity index (χ3n) is 4.68. The standard InChI is InChI=1S/C20H26N8O2/c1-5-27(13-12-26(4)19-21-11-10-17(24-19)20(2,3)30)18(29)15-8-6-7-9-16(15)28-23-14-22-25-28/h6-11,14,30H,5,12-13H2,1-4H3. The Morgan fingerprint density at radius 3 is 2.63 bits per heavy atom. The van der Waals surface area contributed by atoms with E-state index in [-0.39, 0.29) is 5.91 Å². The van der Waals surface area contributed by atoms with Crippen molar-refractivity contribution in [2.75, 3.05) is 31.6 Å². The first-order valence-electron chi connectivity index (χ1n) is 9.70. The van der Waals surface area contributed by atoms with Crippen LogP contribution in [0.2, 0.25) is 0 Å². The summed E-state index contributed by atoms with van der Waals surface area (Å²) < 4.78 is 0. The van der Waals surface area contributed by atoms with Crippen LogP contribution < -0.4 is 4.90 Å². The maximum absolute atomic E-state index is 13.2. The number of benzene rings is 1. The van der Waals surface area contributed by atoms with Gasteiger partial charge in [0, 0.05) is 32.9 Å². The van der Waals surface area contributed by atoms with Gasteiger partial charge in [0.05, 0.1) is 11.3 Å². The van der Waals surface area contributed by atoms with E-state index in [1.165, 1.54) is 11.1 Å². The number of likely N-dealkylation sites (N-methyl/N-ethyl adjacent to an activating group) is 2. The Bertz CT molecular complexity index is 984. The number of hydrogen-bond donors (Lipinski definition) is 1. The van der Waals surface area contributed by atoms with Crippen LogP contribution >= 0.6 is 0 Å². The van der Waals surface area contributed by atoms with Crippen LogP contribution in [-0.4, -0.2) is 72.8 Å². The number of amides is 1. The molecule has 0 saturated heterocycles. The van der Waals surface area contributed by atoms with E-state index >= 15 is 0 Å². The number of nitrogens with zero attached hydrogens (tertiary/aromatic N) is 8. The minimum Gasteiger partial charge on any atom is -0.384 e. The summed E-state index contributed by atoms with van der Waals surface area (Å²) >= 11 is 0. The monoisotopic (exact) mass is 410 g/mol. The zero-order valence-electron chi connectivity index (χ0n) is 17.6. The van der Waals surface area contributed by atoms with Gasteiger partial charge in [-0.05, 0) is 44.2 Å². The lowest BCUT2D eigenvalue weighted by molar-refractivity contribution is 0.0738. The zero-order valence-corrected chi connectivity index (χ0v) is 17.6. The molecule has 0 saturated carbocycles. The molecule has 0 aliphatic rings. The van der Waals surface area contributed by atoms with Gasteiger partial charge in [0.15, 0.2) is 6.33 Å². The van der Waals surface area contributed by atoms with Crippen molar-refractivity contribution in [3.8, 4) is 5.69 Å². The summed E-state index contributed by atoms with van der Waals surface area (Å²) in [4.78, 5) is 26.8. The fraction of sp³-hybridized carbons (Fsp3) is 0.400. The van der Waals surface area contributed by atoms with Gasteiger partial charge in [0.1, 0.15) is 11.3 Å². The SMILES string of the molecule is CCN(CCN(C)c1nccc(C(C)(C)O)n1)C(=O)c1ccccc1-n1ncnn1. The molecule has 0 aliphatic heterocycles. The van der Waals surface area contributed by atoms with E-state index in [9.17, 15) is 9.90 Å². The summed E-state index contributed by atoms with van der Waals surface area (Å²) in [5.41, 5.74) is 0.564. The average molecular weight is 410 g/mol. The van der Waals surface area contributed by atoms with Crippen LogP contribution in [0.1, 0.15) is 36.8 Å². The molecule has 3 aromatic rings. The topological polar surface area (TPSA) is 113 Å². The van der Waals surface area contributed by atoms with E-state index in [1.54, 1.807) is 43.1 Å². The van der Waals surface area contributed by atoms with E-state index in [0.717, 1.165) is 0 Å². The first-order chi connectivity index (χ1) is 14.3. The lowest BCUT2D eigenvalue weighted by Gasteiger charge is -2.26. The Labute approximate surface area is 175 Å². The fourth-order valence-electron chi connectivity index (χ4n) is 2.92. The number of aromatic nitrogens is 6. The van der Waals surface area contributed by atoms with Gasteiger partial charge in [0.2, 0.25) is 5.95 Å². The van der Waals surface area contributed by atoms with Crippen LogP contribution in [0.5, 0.6) is 0 Å². The minimum absolute atomic E-state index is 0.120. The molecular formula is C20H26N8O2. The second kappa shape index (κ2) is 8.95. The fourth-order valence-corrected chi connectivity index (χ4v) is 2.92. The van der Waals surface area contributed by atoms with Crippen molar-refractivity contribution >= 4 is 11.9 Å². The Balaban J connectivity index is 1.73. The highest BCUT2D eigenvalue weighted by atomic mass is 16.3. The van der Waals surface area contributed by atoms with Crippen molar-refractivity contribution in [2.45, 2.75) is 26.4 Å². The Hall–Kier alpha value is -3.40. The highest BCUT2D eigenvalue weighted by Gasteiger charge is 2.21. The first kappa shape index (κ1) is 21.3. The van der Waals surface area contributed by atoms with Gasteiger partial charge in [-0.25, -0.2) is 9.97 Å². The van der Waals surface area contributed by atoms with Crippen molar-refractivity contribution in [1.29, 1.82) is 0 Å². The smallest absolute Gasteiger partial charge is 0.256 e. The molecule has 0 spiro atoms. The summed E-state index contributed by atoms with van der Waals surface area (Å²) in [6.07, 6.45) is 2.95. The molecule has 30 heavy (non-hydrogen) atoms. The summed E-state index contributed by atoms with van der Waals surface area (Å²) in [5, 5.41) is 21.8. The molecule has 3 rings (SSSR count). The third kappa shape index (κ3) is 4.77. The first-order valence-corrected chi connectivity index (χ1v) is 9.70. The third-order valence-corrected chi connectivity index (χ3v) is 4.68. The Morgan fingerprint density at radius 2 is 1.97 bits per heavy atom. The van der Waals surface area contributed by atoms with E-state index in [0.29, 0.717) is 42.5 Å². The van der Waals surface area contributed by atoms with Gasteiger partial charge in [-0.15, -0.1) is 15.0 Å². The zero-order chi connectivity index (χ0) is 21.7. The van der Waals surface area contributed by atoms with E-state index in [2.05, 4.69) is 25.4 Å². The van der Waals surface area contributed by atoms with Crippen molar-refractivity contribution in [3.05, 3.63) is 54.1 Å². The average Bonchev–Trinajstić information content (AvgIpc) is 3.28. The quantitative estimate of drug-likeness (QED) is 0.591. The normalized spacial score (nSPS) is 11.4. The van der Waals surface area contributed by atoms with Gasteiger partial charge in [-0.1, -0.05) is 12.1 Å².